The zero-order valence-corrected chi connectivity index (χ0v) is 12.8. The predicted octanol–water partition coefficient (Wildman–Crippen LogP) is 3.86. The summed E-state index contributed by atoms with van der Waals surface area (Å²) in [5, 5.41) is 0. The van der Waals surface area contributed by atoms with Crippen molar-refractivity contribution in [3.8, 4) is 0 Å². The SMILES string of the molecule is CCCCN(c1cccc(F)c1C(N)=S)C(C)CC. The van der Waals surface area contributed by atoms with Crippen molar-refractivity contribution in [3.63, 3.8) is 0 Å². The summed E-state index contributed by atoms with van der Waals surface area (Å²) in [6, 6.07) is 5.36. The average Bonchev–Trinajstić information content (AvgIpc) is 2.38. The molecular formula is C15H23FN2S. The van der Waals surface area contributed by atoms with Crippen molar-refractivity contribution in [1.82, 2.24) is 0 Å². The molecule has 1 atom stereocenters. The van der Waals surface area contributed by atoms with Gasteiger partial charge in [-0.15, -0.1) is 0 Å². The van der Waals surface area contributed by atoms with Gasteiger partial charge < -0.3 is 10.6 Å². The Hall–Kier alpha value is -1.16. The fourth-order valence-corrected chi connectivity index (χ4v) is 2.33. The van der Waals surface area contributed by atoms with Crippen LogP contribution in [0.2, 0.25) is 0 Å². The molecule has 0 amide bonds. The van der Waals surface area contributed by atoms with Gasteiger partial charge in [0.25, 0.3) is 0 Å². The van der Waals surface area contributed by atoms with E-state index in [2.05, 4.69) is 25.7 Å². The molecule has 0 spiro atoms. The monoisotopic (exact) mass is 282 g/mol. The Kier molecular flexibility index (Phi) is 6.22. The van der Waals surface area contributed by atoms with Gasteiger partial charge in [-0.1, -0.05) is 38.6 Å². The summed E-state index contributed by atoms with van der Waals surface area (Å²) in [5.41, 5.74) is 6.87. The van der Waals surface area contributed by atoms with Crippen LogP contribution in [0.25, 0.3) is 0 Å². The normalized spacial score (nSPS) is 12.2. The van der Waals surface area contributed by atoms with Crippen LogP contribution in [0.5, 0.6) is 0 Å². The van der Waals surface area contributed by atoms with E-state index in [-0.39, 0.29) is 10.8 Å². The molecule has 1 unspecified atom stereocenters. The van der Waals surface area contributed by atoms with Crippen molar-refractivity contribution < 1.29 is 4.39 Å². The molecule has 0 aliphatic carbocycles. The second kappa shape index (κ2) is 7.43. The number of nitrogens with zero attached hydrogens (tertiary/aromatic N) is 1. The first-order chi connectivity index (χ1) is 9.02. The lowest BCUT2D eigenvalue weighted by Gasteiger charge is -2.32. The third-order valence-corrected chi connectivity index (χ3v) is 3.63. The van der Waals surface area contributed by atoms with Crippen LogP contribution in [0.3, 0.4) is 0 Å². The van der Waals surface area contributed by atoms with Gasteiger partial charge in [-0.3, -0.25) is 0 Å². The lowest BCUT2D eigenvalue weighted by molar-refractivity contribution is 0.587. The minimum atomic E-state index is -0.338. The minimum absolute atomic E-state index is 0.123. The van der Waals surface area contributed by atoms with Crippen molar-refractivity contribution in [2.24, 2.45) is 5.73 Å². The van der Waals surface area contributed by atoms with Gasteiger partial charge in [0.05, 0.1) is 11.3 Å². The minimum Gasteiger partial charge on any atom is -0.389 e. The van der Waals surface area contributed by atoms with Gasteiger partial charge in [0.2, 0.25) is 0 Å². The number of halogens is 1. The van der Waals surface area contributed by atoms with Crippen LogP contribution < -0.4 is 10.6 Å². The molecule has 0 aromatic heterocycles. The van der Waals surface area contributed by atoms with Crippen LogP contribution in [-0.2, 0) is 0 Å². The van der Waals surface area contributed by atoms with Gasteiger partial charge in [-0.2, -0.15) is 0 Å². The number of benzene rings is 1. The van der Waals surface area contributed by atoms with E-state index >= 15 is 0 Å². The van der Waals surface area contributed by atoms with Crippen molar-refractivity contribution in [2.45, 2.75) is 46.1 Å². The number of unbranched alkanes of at least 4 members (excludes halogenated alkanes) is 1. The van der Waals surface area contributed by atoms with E-state index in [0.29, 0.717) is 11.6 Å². The highest BCUT2D eigenvalue weighted by Gasteiger charge is 2.19. The van der Waals surface area contributed by atoms with Gasteiger partial charge in [0, 0.05) is 12.6 Å². The molecule has 0 saturated carbocycles. The molecule has 0 fully saturated rings. The molecule has 2 N–H and O–H groups in total. The highest BCUT2D eigenvalue weighted by atomic mass is 32.1. The van der Waals surface area contributed by atoms with Gasteiger partial charge in [0.1, 0.15) is 10.8 Å². The van der Waals surface area contributed by atoms with Gasteiger partial charge in [0.15, 0.2) is 0 Å². The summed E-state index contributed by atoms with van der Waals surface area (Å²) in [4.78, 5) is 2.33. The van der Waals surface area contributed by atoms with Crippen molar-refractivity contribution >= 4 is 22.9 Å². The zero-order valence-electron chi connectivity index (χ0n) is 11.9. The van der Waals surface area contributed by atoms with Gasteiger partial charge >= 0.3 is 0 Å². The third-order valence-electron chi connectivity index (χ3n) is 3.42. The Morgan fingerprint density at radius 3 is 2.63 bits per heavy atom. The Bertz CT molecular complexity index is 434. The summed E-state index contributed by atoms with van der Waals surface area (Å²) in [6.45, 7) is 7.31. The fourth-order valence-electron chi connectivity index (χ4n) is 2.12. The largest absolute Gasteiger partial charge is 0.389 e. The Morgan fingerprint density at radius 2 is 2.11 bits per heavy atom. The van der Waals surface area contributed by atoms with Crippen molar-refractivity contribution in [2.75, 3.05) is 11.4 Å². The van der Waals surface area contributed by atoms with Gasteiger partial charge in [-0.05, 0) is 31.9 Å². The molecule has 1 rings (SSSR count). The molecule has 0 radical (unpaired) electrons. The molecule has 106 valence electrons. The average molecular weight is 282 g/mol. The molecule has 0 saturated heterocycles. The number of hydrogen-bond donors (Lipinski definition) is 1. The smallest absolute Gasteiger partial charge is 0.135 e. The summed E-state index contributed by atoms with van der Waals surface area (Å²) in [6.07, 6.45) is 3.17. The molecule has 4 heteroatoms. The summed E-state index contributed by atoms with van der Waals surface area (Å²) in [7, 11) is 0. The van der Waals surface area contributed by atoms with E-state index in [0.717, 1.165) is 31.5 Å². The second-order valence-corrected chi connectivity index (χ2v) is 5.24. The molecular weight excluding hydrogens is 259 g/mol. The van der Waals surface area contributed by atoms with E-state index in [9.17, 15) is 4.39 Å². The molecule has 0 aliphatic heterocycles. The maximum Gasteiger partial charge on any atom is 0.135 e. The Morgan fingerprint density at radius 1 is 1.42 bits per heavy atom. The molecule has 0 heterocycles. The van der Waals surface area contributed by atoms with E-state index in [1.165, 1.54) is 6.07 Å². The maximum absolute atomic E-state index is 14.0. The molecule has 2 nitrogen and oxygen atoms in total. The van der Waals surface area contributed by atoms with E-state index in [1.807, 2.05) is 6.07 Å². The molecule has 19 heavy (non-hydrogen) atoms. The third kappa shape index (κ3) is 3.90. The number of hydrogen-bond acceptors (Lipinski definition) is 2. The van der Waals surface area contributed by atoms with Crippen LogP contribution in [0.15, 0.2) is 18.2 Å². The number of nitrogens with two attached hydrogens (primary N) is 1. The number of rotatable bonds is 7. The van der Waals surface area contributed by atoms with Crippen LogP contribution in [0.4, 0.5) is 10.1 Å². The highest BCUT2D eigenvalue weighted by Crippen LogP contribution is 2.26. The van der Waals surface area contributed by atoms with E-state index < -0.39 is 0 Å². The summed E-state index contributed by atoms with van der Waals surface area (Å²) >= 11 is 5.00. The number of anilines is 1. The van der Waals surface area contributed by atoms with Crippen molar-refractivity contribution in [3.05, 3.63) is 29.6 Å². The first kappa shape index (κ1) is 15.9. The molecule has 0 bridgehead atoms. The van der Waals surface area contributed by atoms with Crippen LogP contribution in [-0.4, -0.2) is 17.6 Å². The van der Waals surface area contributed by atoms with Crippen molar-refractivity contribution in [1.29, 1.82) is 0 Å². The molecule has 1 aromatic carbocycles. The topological polar surface area (TPSA) is 29.3 Å². The Labute approximate surface area is 120 Å². The Balaban J connectivity index is 3.21. The van der Waals surface area contributed by atoms with Crippen LogP contribution in [0, 0.1) is 5.82 Å². The zero-order chi connectivity index (χ0) is 14.4. The van der Waals surface area contributed by atoms with Crippen LogP contribution >= 0.6 is 12.2 Å². The van der Waals surface area contributed by atoms with E-state index in [4.69, 9.17) is 18.0 Å². The van der Waals surface area contributed by atoms with Crippen LogP contribution in [0.1, 0.15) is 45.6 Å². The molecule has 0 aliphatic rings. The standard InChI is InChI=1S/C15H23FN2S/c1-4-6-10-18(11(3)5-2)13-9-7-8-12(16)14(13)15(17)19/h7-9,11H,4-6,10H2,1-3H3,(H2,17,19). The first-order valence-electron chi connectivity index (χ1n) is 6.87. The molecule has 1 aromatic rings. The van der Waals surface area contributed by atoms with Gasteiger partial charge in [-0.25, -0.2) is 4.39 Å². The second-order valence-electron chi connectivity index (χ2n) is 4.80. The number of thiocarbonyl (C=S) groups is 1. The maximum atomic E-state index is 14.0. The fraction of sp³-hybridized carbons (Fsp3) is 0.533. The predicted molar refractivity (Wildman–Crippen MR) is 84.3 cm³/mol. The summed E-state index contributed by atoms with van der Waals surface area (Å²) in [5.74, 6) is -0.338. The first-order valence-corrected chi connectivity index (χ1v) is 7.28. The quantitative estimate of drug-likeness (QED) is 0.770. The lowest BCUT2D eigenvalue weighted by Crippen LogP contribution is -2.35. The summed E-state index contributed by atoms with van der Waals surface area (Å²) < 4.78 is 14.0. The van der Waals surface area contributed by atoms with E-state index in [1.54, 1.807) is 6.07 Å². The lowest BCUT2D eigenvalue weighted by atomic mass is 10.1. The highest BCUT2D eigenvalue weighted by molar-refractivity contribution is 7.80.